The van der Waals surface area contributed by atoms with Gasteiger partial charge in [-0.2, -0.15) is 0 Å². The summed E-state index contributed by atoms with van der Waals surface area (Å²) >= 11 is 0. The van der Waals surface area contributed by atoms with Crippen LogP contribution in [-0.4, -0.2) is 19.1 Å². The monoisotopic (exact) mass is 309 g/mol. The Bertz CT molecular complexity index is 711. The lowest BCUT2D eigenvalue weighted by Gasteiger charge is -2.11. The fourth-order valence-electron chi connectivity index (χ4n) is 2.93. The Kier molecular flexibility index (Phi) is 4.63. The summed E-state index contributed by atoms with van der Waals surface area (Å²) in [5, 5.41) is 3.20. The molecule has 1 aliphatic carbocycles. The van der Waals surface area contributed by atoms with E-state index in [2.05, 4.69) is 41.5 Å². The Morgan fingerprint density at radius 3 is 2.74 bits per heavy atom. The van der Waals surface area contributed by atoms with Crippen LogP contribution in [0, 0.1) is 6.92 Å². The van der Waals surface area contributed by atoms with Gasteiger partial charge in [-0.05, 0) is 30.5 Å². The van der Waals surface area contributed by atoms with Gasteiger partial charge in [0.2, 0.25) is 0 Å². The van der Waals surface area contributed by atoms with E-state index in [0.29, 0.717) is 18.5 Å². The van der Waals surface area contributed by atoms with Crippen LogP contribution in [-0.2, 0) is 11.3 Å². The van der Waals surface area contributed by atoms with Crippen molar-refractivity contribution >= 4 is 11.6 Å². The maximum Gasteiger partial charge on any atom is 0.193 e. The van der Waals surface area contributed by atoms with Crippen LogP contribution in [0.4, 0.5) is 5.69 Å². The van der Waals surface area contributed by atoms with Crippen molar-refractivity contribution in [2.75, 3.05) is 12.4 Å². The van der Waals surface area contributed by atoms with Crippen LogP contribution in [0.5, 0.6) is 0 Å². The first-order chi connectivity index (χ1) is 11.2. The molecule has 1 fully saturated rings. The van der Waals surface area contributed by atoms with Crippen LogP contribution < -0.4 is 11.1 Å². The van der Waals surface area contributed by atoms with Gasteiger partial charge in [-0.3, -0.25) is 0 Å². The van der Waals surface area contributed by atoms with E-state index in [1.54, 1.807) is 7.11 Å². The minimum absolute atomic E-state index is 0.276. The van der Waals surface area contributed by atoms with Crippen LogP contribution in [0.2, 0.25) is 0 Å². The molecule has 1 saturated carbocycles. The third-order valence-electron chi connectivity index (χ3n) is 4.23. The molecule has 2 aromatic rings. The van der Waals surface area contributed by atoms with E-state index in [4.69, 9.17) is 10.5 Å². The Hall–Kier alpha value is -2.33. The number of guanidine groups is 1. The quantitative estimate of drug-likeness (QED) is 0.657. The van der Waals surface area contributed by atoms with E-state index in [9.17, 15) is 0 Å². The molecule has 120 valence electrons. The van der Waals surface area contributed by atoms with Crippen LogP contribution in [0.15, 0.2) is 53.5 Å². The van der Waals surface area contributed by atoms with Gasteiger partial charge in [0.25, 0.3) is 0 Å². The zero-order chi connectivity index (χ0) is 16.2. The van der Waals surface area contributed by atoms with Crippen molar-refractivity contribution < 1.29 is 4.74 Å². The van der Waals surface area contributed by atoms with Crippen LogP contribution in [0.25, 0.3) is 0 Å². The van der Waals surface area contributed by atoms with Crippen molar-refractivity contribution in [3.8, 4) is 0 Å². The maximum atomic E-state index is 6.09. The fraction of sp³-hybridized carbons (Fsp3) is 0.316. The van der Waals surface area contributed by atoms with Crippen LogP contribution >= 0.6 is 0 Å². The smallest absolute Gasteiger partial charge is 0.193 e. The molecule has 3 N–H and O–H groups in total. The molecule has 0 saturated heterocycles. The van der Waals surface area contributed by atoms with Crippen molar-refractivity contribution in [3.05, 3.63) is 65.2 Å². The third-order valence-corrected chi connectivity index (χ3v) is 4.23. The normalized spacial score (nSPS) is 20.3. The van der Waals surface area contributed by atoms with Crippen molar-refractivity contribution in [2.45, 2.75) is 31.9 Å². The molecule has 0 spiro atoms. The Balaban J connectivity index is 1.67. The zero-order valence-electron chi connectivity index (χ0n) is 13.6. The first-order valence-electron chi connectivity index (χ1n) is 7.91. The number of nitrogens with two attached hydrogens (primary N) is 1. The largest absolute Gasteiger partial charge is 0.380 e. The van der Waals surface area contributed by atoms with Gasteiger partial charge in [-0.15, -0.1) is 0 Å². The van der Waals surface area contributed by atoms with Crippen molar-refractivity contribution in [1.29, 1.82) is 0 Å². The number of para-hydroxylation sites is 1. The molecule has 23 heavy (non-hydrogen) atoms. The van der Waals surface area contributed by atoms with Gasteiger partial charge >= 0.3 is 0 Å². The topological polar surface area (TPSA) is 59.6 Å². The summed E-state index contributed by atoms with van der Waals surface area (Å²) in [5.41, 5.74) is 10.8. The van der Waals surface area contributed by atoms with E-state index in [1.165, 1.54) is 11.1 Å². The summed E-state index contributed by atoms with van der Waals surface area (Å²) < 4.78 is 5.21. The molecular formula is C19H23N3O. The Morgan fingerprint density at radius 1 is 1.22 bits per heavy atom. The Morgan fingerprint density at radius 2 is 1.96 bits per heavy atom. The summed E-state index contributed by atoms with van der Waals surface area (Å²) in [5.74, 6) is 0.959. The SMILES string of the molecule is COCc1ccccc1NC(N)=NC1CC1c1ccccc1C. The van der Waals surface area contributed by atoms with E-state index in [0.717, 1.165) is 17.7 Å². The molecule has 1 aliphatic rings. The number of rotatable bonds is 5. The first kappa shape index (κ1) is 15.6. The van der Waals surface area contributed by atoms with Gasteiger partial charge in [0.1, 0.15) is 0 Å². The van der Waals surface area contributed by atoms with E-state index >= 15 is 0 Å². The second kappa shape index (κ2) is 6.84. The summed E-state index contributed by atoms with van der Waals surface area (Å²) in [6.45, 7) is 2.70. The summed E-state index contributed by atoms with van der Waals surface area (Å²) in [4.78, 5) is 4.63. The molecule has 0 radical (unpaired) electrons. The average molecular weight is 309 g/mol. The number of aliphatic imine (C=N–C) groups is 1. The van der Waals surface area contributed by atoms with Gasteiger partial charge in [0.15, 0.2) is 5.96 Å². The highest BCUT2D eigenvalue weighted by Crippen LogP contribution is 2.44. The number of aryl methyl sites for hydroxylation is 1. The average Bonchev–Trinajstić information content (AvgIpc) is 3.28. The van der Waals surface area contributed by atoms with Crippen LogP contribution in [0.3, 0.4) is 0 Å². The Labute approximate surface area is 137 Å². The maximum absolute atomic E-state index is 6.09. The number of hydrogen-bond donors (Lipinski definition) is 2. The second-order valence-electron chi connectivity index (χ2n) is 6.00. The lowest BCUT2D eigenvalue weighted by atomic mass is 10.0. The zero-order valence-corrected chi connectivity index (χ0v) is 13.6. The highest BCUT2D eigenvalue weighted by Gasteiger charge is 2.39. The van der Waals surface area contributed by atoms with E-state index in [1.807, 2.05) is 24.3 Å². The fourth-order valence-corrected chi connectivity index (χ4v) is 2.93. The van der Waals surface area contributed by atoms with Crippen LogP contribution in [0.1, 0.15) is 29.0 Å². The first-order valence-corrected chi connectivity index (χ1v) is 7.91. The number of anilines is 1. The molecule has 0 aromatic heterocycles. The molecule has 2 aromatic carbocycles. The second-order valence-corrected chi connectivity index (χ2v) is 6.00. The standard InChI is InChI=1S/C19H23N3O/c1-13-7-3-5-9-15(13)16-11-18(16)22-19(20)21-17-10-6-4-8-14(17)12-23-2/h3-10,16,18H,11-12H2,1-2H3,(H3,20,21,22). The molecular weight excluding hydrogens is 286 g/mol. The van der Waals surface area contributed by atoms with Crippen molar-refractivity contribution in [3.63, 3.8) is 0 Å². The molecule has 2 atom stereocenters. The number of benzene rings is 2. The predicted octanol–water partition coefficient (Wildman–Crippen LogP) is 3.42. The highest BCUT2D eigenvalue weighted by atomic mass is 16.5. The van der Waals surface area contributed by atoms with Gasteiger partial charge in [-0.1, -0.05) is 42.5 Å². The molecule has 0 heterocycles. The van der Waals surface area contributed by atoms with Gasteiger partial charge in [0.05, 0.1) is 12.6 Å². The van der Waals surface area contributed by atoms with Crippen molar-refractivity contribution in [1.82, 2.24) is 0 Å². The minimum Gasteiger partial charge on any atom is -0.380 e. The number of methoxy groups -OCH3 is 1. The molecule has 4 heteroatoms. The van der Waals surface area contributed by atoms with Gasteiger partial charge in [-0.25, -0.2) is 4.99 Å². The number of ether oxygens (including phenoxy) is 1. The predicted molar refractivity (Wildman–Crippen MR) is 94.7 cm³/mol. The number of nitrogens with one attached hydrogen (secondary N) is 1. The molecule has 4 nitrogen and oxygen atoms in total. The summed E-state index contributed by atoms with van der Waals surface area (Å²) in [7, 11) is 1.69. The highest BCUT2D eigenvalue weighted by molar-refractivity contribution is 5.93. The number of nitrogens with zero attached hydrogens (tertiary/aromatic N) is 1. The van der Waals surface area contributed by atoms with E-state index in [-0.39, 0.29) is 6.04 Å². The van der Waals surface area contributed by atoms with E-state index < -0.39 is 0 Å². The lowest BCUT2D eigenvalue weighted by Crippen LogP contribution is -2.24. The molecule has 2 unspecified atom stereocenters. The third kappa shape index (κ3) is 3.71. The summed E-state index contributed by atoms with van der Waals surface area (Å²) in [6, 6.07) is 16.7. The lowest BCUT2D eigenvalue weighted by molar-refractivity contribution is 0.185. The molecule has 0 amide bonds. The summed E-state index contributed by atoms with van der Waals surface area (Å²) in [6.07, 6.45) is 1.06. The number of hydrogen-bond acceptors (Lipinski definition) is 2. The van der Waals surface area contributed by atoms with Crippen molar-refractivity contribution in [2.24, 2.45) is 10.7 Å². The molecule has 3 rings (SSSR count). The van der Waals surface area contributed by atoms with Gasteiger partial charge < -0.3 is 15.8 Å². The minimum atomic E-state index is 0.276. The van der Waals surface area contributed by atoms with Gasteiger partial charge in [0, 0.05) is 24.3 Å². The molecule has 0 bridgehead atoms. The molecule has 0 aliphatic heterocycles.